The van der Waals surface area contributed by atoms with Crippen molar-refractivity contribution in [2.45, 2.75) is 18.9 Å². The highest BCUT2D eigenvalue weighted by atomic mass is 79.9. The minimum atomic E-state index is -5.10. The van der Waals surface area contributed by atoms with Gasteiger partial charge in [0.15, 0.2) is 0 Å². The summed E-state index contributed by atoms with van der Waals surface area (Å²) in [6, 6.07) is 1.32. The molecule has 2 N–H and O–H groups in total. The van der Waals surface area contributed by atoms with Crippen LogP contribution in [-0.4, -0.2) is 0 Å². The Morgan fingerprint density at radius 3 is 1.88 bits per heavy atom. The SMILES string of the molecule is NCc1cc(Br)cc(C(F)(F)F)c1C(F)(F)F. The third-order valence-electron chi connectivity index (χ3n) is 1.99. The highest BCUT2D eigenvalue weighted by Crippen LogP contribution is 2.43. The largest absolute Gasteiger partial charge is 0.417 e. The van der Waals surface area contributed by atoms with E-state index in [0.29, 0.717) is 6.07 Å². The molecular weight excluding hydrogens is 316 g/mol. The first-order valence-corrected chi connectivity index (χ1v) is 5.03. The number of halogens is 7. The maximum Gasteiger partial charge on any atom is 0.417 e. The van der Waals surface area contributed by atoms with Gasteiger partial charge in [-0.15, -0.1) is 0 Å². The lowest BCUT2D eigenvalue weighted by Gasteiger charge is -2.19. The minimum Gasteiger partial charge on any atom is -0.326 e. The van der Waals surface area contributed by atoms with E-state index < -0.39 is 35.6 Å². The van der Waals surface area contributed by atoms with Gasteiger partial charge >= 0.3 is 12.4 Å². The zero-order valence-corrected chi connectivity index (χ0v) is 9.67. The molecule has 1 nitrogen and oxygen atoms in total. The highest BCUT2D eigenvalue weighted by Gasteiger charge is 2.44. The lowest BCUT2D eigenvalue weighted by molar-refractivity contribution is -0.162. The quantitative estimate of drug-likeness (QED) is 0.779. The van der Waals surface area contributed by atoms with Gasteiger partial charge in [0.2, 0.25) is 0 Å². The van der Waals surface area contributed by atoms with E-state index in [9.17, 15) is 26.3 Å². The second-order valence-corrected chi connectivity index (χ2v) is 4.10. The van der Waals surface area contributed by atoms with Crippen LogP contribution in [0.3, 0.4) is 0 Å². The summed E-state index contributed by atoms with van der Waals surface area (Å²) in [6.45, 7) is -0.628. The fourth-order valence-corrected chi connectivity index (χ4v) is 1.89. The predicted molar refractivity (Wildman–Crippen MR) is 52.0 cm³/mol. The van der Waals surface area contributed by atoms with Gasteiger partial charge in [0.1, 0.15) is 0 Å². The van der Waals surface area contributed by atoms with E-state index in [4.69, 9.17) is 5.73 Å². The Morgan fingerprint density at radius 1 is 1.00 bits per heavy atom. The molecular formula is C9H6BrF6N. The van der Waals surface area contributed by atoms with Crippen molar-refractivity contribution in [2.24, 2.45) is 5.73 Å². The van der Waals surface area contributed by atoms with E-state index in [0.717, 1.165) is 6.07 Å². The van der Waals surface area contributed by atoms with Gasteiger partial charge in [-0.1, -0.05) is 15.9 Å². The van der Waals surface area contributed by atoms with Crippen LogP contribution >= 0.6 is 15.9 Å². The lowest BCUT2D eigenvalue weighted by atomic mass is 10.00. The van der Waals surface area contributed by atoms with Crippen molar-refractivity contribution in [1.82, 2.24) is 0 Å². The second kappa shape index (κ2) is 4.49. The molecule has 1 rings (SSSR count). The van der Waals surface area contributed by atoms with Crippen LogP contribution in [0.4, 0.5) is 26.3 Å². The summed E-state index contributed by atoms with van der Waals surface area (Å²) in [5.41, 5.74) is 0.980. The van der Waals surface area contributed by atoms with Crippen molar-refractivity contribution in [3.63, 3.8) is 0 Å². The van der Waals surface area contributed by atoms with E-state index >= 15 is 0 Å². The molecule has 8 heteroatoms. The molecule has 0 bridgehead atoms. The van der Waals surface area contributed by atoms with Crippen molar-refractivity contribution in [2.75, 3.05) is 0 Å². The molecule has 0 heterocycles. The molecule has 0 spiro atoms. The Morgan fingerprint density at radius 2 is 1.53 bits per heavy atom. The van der Waals surface area contributed by atoms with Gasteiger partial charge in [0, 0.05) is 11.0 Å². The Bertz CT molecular complexity index is 423. The second-order valence-electron chi connectivity index (χ2n) is 3.19. The van der Waals surface area contributed by atoms with Crippen LogP contribution in [0, 0.1) is 0 Å². The van der Waals surface area contributed by atoms with Crippen molar-refractivity contribution in [1.29, 1.82) is 0 Å². The van der Waals surface area contributed by atoms with E-state index in [2.05, 4.69) is 15.9 Å². The van der Waals surface area contributed by atoms with Crippen LogP contribution in [0.5, 0.6) is 0 Å². The molecule has 1 aromatic carbocycles. The molecule has 0 aliphatic carbocycles. The van der Waals surface area contributed by atoms with Crippen molar-refractivity contribution in [3.8, 4) is 0 Å². The standard InChI is InChI=1S/C9H6BrF6N/c10-5-1-4(3-17)7(9(14,15)16)6(2-5)8(11,12)13/h1-2H,3,17H2. The van der Waals surface area contributed by atoms with Gasteiger partial charge in [-0.3, -0.25) is 0 Å². The molecule has 17 heavy (non-hydrogen) atoms. The van der Waals surface area contributed by atoms with Crippen LogP contribution in [0.2, 0.25) is 0 Å². The number of nitrogens with two attached hydrogens (primary N) is 1. The Balaban J connectivity index is 3.63. The summed E-state index contributed by atoms with van der Waals surface area (Å²) < 4.78 is 75.2. The normalized spacial score (nSPS) is 12.9. The van der Waals surface area contributed by atoms with Gasteiger partial charge in [0.05, 0.1) is 11.1 Å². The van der Waals surface area contributed by atoms with Gasteiger partial charge < -0.3 is 5.73 Å². The van der Waals surface area contributed by atoms with Crippen LogP contribution in [0.1, 0.15) is 16.7 Å². The molecule has 1 aromatic rings. The Hall–Kier alpha value is -0.760. The molecule has 0 amide bonds. The van der Waals surface area contributed by atoms with Crippen molar-refractivity contribution >= 4 is 15.9 Å². The Labute approximate surface area is 101 Å². The molecule has 0 aliphatic heterocycles. The van der Waals surface area contributed by atoms with Gasteiger partial charge in [-0.25, -0.2) is 0 Å². The van der Waals surface area contributed by atoms with Gasteiger partial charge in [0.25, 0.3) is 0 Å². The first-order valence-electron chi connectivity index (χ1n) is 4.24. The summed E-state index contributed by atoms with van der Waals surface area (Å²) in [5, 5.41) is 0. The zero-order chi connectivity index (χ0) is 13.4. The molecule has 0 fully saturated rings. The van der Waals surface area contributed by atoms with Crippen LogP contribution in [0.25, 0.3) is 0 Å². The summed E-state index contributed by atoms with van der Waals surface area (Å²) >= 11 is 2.72. The number of hydrogen-bond acceptors (Lipinski definition) is 1. The fraction of sp³-hybridized carbons (Fsp3) is 0.333. The van der Waals surface area contributed by atoms with Crippen LogP contribution in [-0.2, 0) is 18.9 Å². The van der Waals surface area contributed by atoms with Gasteiger partial charge in [-0.2, -0.15) is 26.3 Å². The van der Waals surface area contributed by atoms with Crippen LogP contribution < -0.4 is 5.73 Å². The van der Waals surface area contributed by atoms with Crippen LogP contribution in [0.15, 0.2) is 16.6 Å². The summed E-state index contributed by atoms with van der Waals surface area (Å²) in [6.07, 6.45) is -10.2. The molecule has 0 radical (unpaired) electrons. The maximum absolute atomic E-state index is 12.6. The predicted octanol–water partition coefficient (Wildman–Crippen LogP) is 3.95. The highest BCUT2D eigenvalue weighted by molar-refractivity contribution is 9.10. The molecule has 96 valence electrons. The molecule has 0 unspecified atom stereocenters. The number of hydrogen-bond donors (Lipinski definition) is 1. The van der Waals surface area contributed by atoms with E-state index in [1.54, 1.807) is 0 Å². The third kappa shape index (κ3) is 3.12. The maximum atomic E-state index is 12.6. The van der Waals surface area contributed by atoms with E-state index in [1.807, 2.05) is 0 Å². The number of alkyl halides is 6. The molecule has 0 saturated heterocycles. The average molecular weight is 322 g/mol. The number of rotatable bonds is 1. The van der Waals surface area contributed by atoms with Crippen molar-refractivity contribution < 1.29 is 26.3 Å². The van der Waals surface area contributed by atoms with Crippen molar-refractivity contribution in [3.05, 3.63) is 33.3 Å². The number of benzene rings is 1. The first-order chi connectivity index (χ1) is 7.57. The lowest BCUT2D eigenvalue weighted by Crippen LogP contribution is -2.20. The topological polar surface area (TPSA) is 26.0 Å². The summed E-state index contributed by atoms with van der Waals surface area (Å²) in [4.78, 5) is 0. The molecule has 0 saturated carbocycles. The molecule has 0 aliphatic rings. The smallest absolute Gasteiger partial charge is 0.326 e. The Kier molecular flexibility index (Phi) is 3.78. The fourth-order valence-electron chi connectivity index (χ4n) is 1.38. The third-order valence-corrected chi connectivity index (χ3v) is 2.45. The summed E-state index contributed by atoms with van der Waals surface area (Å²) in [5.74, 6) is 0. The first kappa shape index (κ1) is 14.3. The average Bonchev–Trinajstić information content (AvgIpc) is 2.12. The molecule has 0 aromatic heterocycles. The zero-order valence-electron chi connectivity index (χ0n) is 8.08. The van der Waals surface area contributed by atoms with E-state index in [-0.39, 0.29) is 4.47 Å². The monoisotopic (exact) mass is 321 g/mol. The van der Waals surface area contributed by atoms with Gasteiger partial charge in [-0.05, 0) is 17.7 Å². The summed E-state index contributed by atoms with van der Waals surface area (Å²) in [7, 11) is 0. The minimum absolute atomic E-state index is 0.0988. The molecule has 0 atom stereocenters. The van der Waals surface area contributed by atoms with E-state index in [1.165, 1.54) is 0 Å².